The van der Waals surface area contributed by atoms with Crippen molar-refractivity contribution in [2.45, 2.75) is 19.4 Å². The van der Waals surface area contributed by atoms with Gasteiger partial charge in [-0.3, -0.25) is 9.36 Å². The van der Waals surface area contributed by atoms with Crippen LogP contribution in [0, 0.1) is 0 Å². The van der Waals surface area contributed by atoms with Crippen molar-refractivity contribution in [2.75, 3.05) is 26.0 Å². The van der Waals surface area contributed by atoms with Crippen LogP contribution in [0.25, 0.3) is 11.2 Å². The fourth-order valence-corrected chi connectivity index (χ4v) is 2.91. The monoisotopic (exact) mass is 429 g/mol. The van der Waals surface area contributed by atoms with Crippen molar-refractivity contribution in [3.05, 3.63) is 35.4 Å². The van der Waals surface area contributed by atoms with Gasteiger partial charge in [0, 0.05) is 6.54 Å². The zero-order valence-corrected chi connectivity index (χ0v) is 16.9. The first kappa shape index (κ1) is 21.6. The average molecular weight is 429 g/mol. The first-order valence-electron chi connectivity index (χ1n) is 9.41. The summed E-state index contributed by atoms with van der Waals surface area (Å²) in [5.41, 5.74) is 13.1. The molecule has 0 saturated heterocycles. The Labute approximate surface area is 177 Å². The van der Waals surface area contributed by atoms with E-state index in [-0.39, 0.29) is 48.9 Å². The molecule has 12 nitrogen and oxygen atoms in total. The molecule has 1 aromatic carbocycles. The van der Waals surface area contributed by atoms with Gasteiger partial charge in [0.05, 0.1) is 26.7 Å². The average Bonchev–Trinajstić information content (AvgIpc) is 3.04. The van der Waals surface area contributed by atoms with E-state index in [4.69, 9.17) is 20.9 Å². The van der Waals surface area contributed by atoms with Crippen molar-refractivity contribution in [3.8, 4) is 12.0 Å². The number of nitrogens with one attached hydrogen (secondary N) is 1. The van der Waals surface area contributed by atoms with Crippen LogP contribution >= 0.6 is 0 Å². The zero-order valence-electron chi connectivity index (χ0n) is 16.9. The van der Waals surface area contributed by atoms with E-state index in [0.29, 0.717) is 18.6 Å². The number of amides is 2. The number of rotatable bonds is 9. The Hall–Kier alpha value is -4.09. The van der Waals surface area contributed by atoms with Gasteiger partial charge in [-0.05, 0) is 17.5 Å². The number of fused-ring (bicyclic) bond motifs is 1. The highest BCUT2D eigenvalue weighted by Crippen LogP contribution is 2.26. The van der Waals surface area contributed by atoms with Crippen LogP contribution in [-0.2, 0) is 22.5 Å². The predicted molar refractivity (Wildman–Crippen MR) is 110 cm³/mol. The number of nitrogen functional groups attached to an aromatic ring is 1. The number of ether oxygens (including phenoxy) is 2. The second-order valence-electron chi connectivity index (χ2n) is 6.63. The van der Waals surface area contributed by atoms with E-state index in [1.54, 1.807) is 0 Å². The van der Waals surface area contributed by atoms with Gasteiger partial charge in [0.15, 0.2) is 17.0 Å². The van der Waals surface area contributed by atoms with E-state index < -0.39 is 6.03 Å². The van der Waals surface area contributed by atoms with Crippen molar-refractivity contribution in [1.29, 1.82) is 0 Å². The molecule has 31 heavy (non-hydrogen) atoms. The standard InChI is InChI=1S/C19H23N7O5/c1-30-13(27)9-11-4-2-5-12(8-11)10-26-16-14(23-19(26)29)15(20)24-18(25-16)31-7-3-6-22-17(21)28/h2,4-5,8H,3,6-7,9-10H2,1H3,(H,23,29)(H2,20,24,25)(H3,21,22,28). The third-order valence-corrected chi connectivity index (χ3v) is 4.34. The van der Waals surface area contributed by atoms with Gasteiger partial charge in [-0.15, -0.1) is 0 Å². The molecule has 0 bridgehead atoms. The Morgan fingerprint density at radius 2 is 2.00 bits per heavy atom. The van der Waals surface area contributed by atoms with Gasteiger partial charge in [-0.2, -0.15) is 15.0 Å². The van der Waals surface area contributed by atoms with Crippen LogP contribution in [0.3, 0.4) is 0 Å². The van der Waals surface area contributed by atoms with Gasteiger partial charge < -0.3 is 31.4 Å². The molecule has 0 radical (unpaired) electrons. The SMILES string of the molecule is COC(=O)Cc1cccc(Cn2c(O)nc3c(N)nc(OCCCNC(N)=O)nc32)c1. The van der Waals surface area contributed by atoms with Crippen molar-refractivity contribution in [1.82, 2.24) is 24.8 Å². The Kier molecular flexibility index (Phi) is 6.70. The number of aromatic nitrogens is 4. The summed E-state index contributed by atoms with van der Waals surface area (Å²) in [6.45, 7) is 0.796. The summed E-state index contributed by atoms with van der Waals surface area (Å²) in [5.74, 6) is -0.287. The van der Waals surface area contributed by atoms with Crippen molar-refractivity contribution in [2.24, 2.45) is 5.73 Å². The molecule has 0 unspecified atom stereocenters. The largest absolute Gasteiger partial charge is 0.480 e. The van der Waals surface area contributed by atoms with E-state index in [2.05, 4.69) is 20.3 Å². The van der Waals surface area contributed by atoms with Crippen LogP contribution in [0.2, 0.25) is 0 Å². The summed E-state index contributed by atoms with van der Waals surface area (Å²) in [7, 11) is 1.33. The van der Waals surface area contributed by atoms with Gasteiger partial charge in [0.25, 0.3) is 6.01 Å². The van der Waals surface area contributed by atoms with Gasteiger partial charge in [-0.1, -0.05) is 24.3 Å². The number of hydrogen-bond acceptors (Lipinski definition) is 9. The molecule has 2 amide bonds. The number of methoxy groups -OCH3 is 1. The number of anilines is 1. The van der Waals surface area contributed by atoms with Crippen LogP contribution in [0.1, 0.15) is 17.5 Å². The third-order valence-electron chi connectivity index (χ3n) is 4.34. The van der Waals surface area contributed by atoms with E-state index in [1.165, 1.54) is 11.7 Å². The molecule has 2 aromatic heterocycles. The minimum absolute atomic E-state index is 0.0182. The molecule has 3 rings (SSSR count). The predicted octanol–water partition coefficient (Wildman–Crippen LogP) is 0.315. The molecule has 12 heteroatoms. The first-order valence-corrected chi connectivity index (χ1v) is 9.41. The summed E-state index contributed by atoms with van der Waals surface area (Å²) >= 11 is 0. The van der Waals surface area contributed by atoms with E-state index in [0.717, 1.165) is 11.1 Å². The Morgan fingerprint density at radius 1 is 1.23 bits per heavy atom. The number of benzene rings is 1. The second kappa shape index (κ2) is 9.61. The normalized spacial score (nSPS) is 10.7. The molecule has 0 aliphatic heterocycles. The number of urea groups is 1. The van der Waals surface area contributed by atoms with Crippen LogP contribution in [0.5, 0.6) is 12.0 Å². The summed E-state index contributed by atoms with van der Waals surface area (Å²) in [6.07, 6.45) is 0.625. The maximum Gasteiger partial charge on any atom is 0.320 e. The summed E-state index contributed by atoms with van der Waals surface area (Å²) < 4.78 is 11.7. The number of hydrogen-bond donors (Lipinski definition) is 4. The number of esters is 1. The number of carbonyl (C=O) groups excluding carboxylic acids is 2. The number of aromatic hydroxyl groups is 1. The molecule has 0 spiro atoms. The Morgan fingerprint density at radius 3 is 2.74 bits per heavy atom. The molecule has 0 aliphatic carbocycles. The van der Waals surface area contributed by atoms with E-state index in [9.17, 15) is 14.7 Å². The molecule has 0 fully saturated rings. The second-order valence-corrected chi connectivity index (χ2v) is 6.63. The molecule has 0 aliphatic rings. The lowest BCUT2D eigenvalue weighted by Crippen LogP contribution is -2.30. The van der Waals surface area contributed by atoms with Gasteiger partial charge >= 0.3 is 18.0 Å². The fraction of sp³-hybridized carbons (Fsp3) is 0.316. The summed E-state index contributed by atoms with van der Waals surface area (Å²) in [6, 6.07) is 6.42. The highest BCUT2D eigenvalue weighted by Gasteiger charge is 2.17. The lowest BCUT2D eigenvalue weighted by molar-refractivity contribution is -0.139. The van der Waals surface area contributed by atoms with Crippen LogP contribution in [-0.4, -0.2) is 56.9 Å². The van der Waals surface area contributed by atoms with Gasteiger partial charge in [0.1, 0.15) is 0 Å². The number of primary amides is 1. The number of imidazole rings is 1. The minimum Gasteiger partial charge on any atom is -0.480 e. The van der Waals surface area contributed by atoms with E-state index in [1.807, 2.05) is 24.3 Å². The zero-order chi connectivity index (χ0) is 22.4. The molecular formula is C19H23N7O5. The summed E-state index contributed by atoms with van der Waals surface area (Å²) in [5, 5.41) is 12.8. The van der Waals surface area contributed by atoms with Crippen LogP contribution in [0.15, 0.2) is 24.3 Å². The molecule has 0 atom stereocenters. The summed E-state index contributed by atoms with van der Waals surface area (Å²) in [4.78, 5) is 34.6. The molecular weight excluding hydrogens is 406 g/mol. The fourth-order valence-electron chi connectivity index (χ4n) is 2.91. The molecule has 0 saturated carbocycles. The maximum atomic E-state index is 11.5. The lowest BCUT2D eigenvalue weighted by Gasteiger charge is -2.09. The van der Waals surface area contributed by atoms with Gasteiger partial charge in [0.2, 0.25) is 0 Å². The smallest absolute Gasteiger partial charge is 0.320 e. The minimum atomic E-state index is -0.614. The molecule has 2 heterocycles. The molecule has 6 N–H and O–H groups in total. The van der Waals surface area contributed by atoms with Crippen LogP contribution in [0.4, 0.5) is 10.6 Å². The number of nitrogens with two attached hydrogens (primary N) is 2. The van der Waals surface area contributed by atoms with E-state index >= 15 is 0 Å². The highest BCUT2D eigenvalue weighted by molar-refractivity contribution is 5.83. The number of carbonyl (C=O) groups is 2. The van der Waals surface area contributed by atoms with Crippen molar-refractivity contribution < 1.29 is 24.2 Å². The first-order chi connectivity index (χ1) is 14.9. The molecule has 3 aromatic rings. The van der Waals surface area contributed by atoms with Crippen molar-refractivity contribution >= 4 is 29.0 Å². The van der Waals surface area contributed by atoms with Crippen LogP contribution < -0.4 is 21.5 Å². The van der Waals surface area contributed by atoms with Crippen molar-refractivity contribution in [3.63, 3.8) is 0 Å². The number of nitrogens with zero attached hydrogens (tertiary/aromatic N) is 4. The molecule has 164 valence electrons. The quantitative estimate of drug-likeness (QED) is 0.275. The lowest BCUT2D eigenvalue weighted by atomic mass is 10.1. The topological polar surface area (TPSA) is 180 Å². The Balaban J connectivity index is 1.80. The maximum absolute atomic E-state index is 11.5. The highest BCUT2D eigenvalue weighted by atomic mass is 16.5. The third kappa shape index (κ3) is 5.50. The Bertz CT molecular complexity index is 1100. The van der Waals surface area contributed by atoms with Gasteiger partial charge in [-0.25, -0.2) is 4.79 Å².